The van der Waals surface area contributed by atoms with Gasteiger partial charge in [-0.15, -0.1) is 0 Å². The fraction of sp³-hybridized carbons (Fsp3) is 0. The van der Waals surface area contributed by atoms with Crippen molar-refractivity contribution in [2.75, 3.05) is 5.73 Å². The third-order valence-electron chi connectivity index (χ3n) is 1.53. The highest BCUT2D eigenvalue weighted by Crippen LogP contribution is 2.11. The van der Waals surface area contributed by atoms with E-state index in [1.54, 1.807) is 18.5 Å². The fourth-order valence-corrected chi connectivity index (χ4v) is 1.16. The zero-order valence-corrected chi connectivity index (χ0v) is 7.82. The van der Waals surface area contributed by atoms with E-state index in [1.165, 1.54) is 0 Å². The van der Waals surface area contributed by atoms with Crippen molar-refractivity contribution in [3.8, 4) is 11.4 Å². The number of anilines is 1. The van der Waals surface area contributed by atoms with Crippen molar-refractivity contribution in [2.24, 2.45) is 0 Å². The maximum Gasteiger partial charge on any atom is 0.224 e. The zero-order valence-electron chi connectivity index (χ0n) is 7.01. The lowest BCUT2D eigenvalue weighted by Gasteiger charge is -1.99. The second-order valence-corrected chi connectivity index (χ2v) is 2.86. The highest BCUT2D eigenvalue weighted by atomic mass is 32.1. The standard InChI is InChI=1S/C7H6N6S/c8-6-11-5(12-7(14)13-6)4-1-2-9-10-3-4/h1-3H,(H3,8,11,12,13,14). The molecular formula is C7H6N6S. The monoisotopic (exact) mass is 206 g/mol. The maximum atomic E-state index is 5.49. The molecule has 7 heteroatoms. The van der Waals surface area contributed by atoms with Gasteiger partial charge in [-0.25, -0.2) is 4.98 Å². The van der Waals surface area contributed by atoms with E-state index in [9.17, 15) is 0 Å². The summed E-state index contributed by atoms with van der Waals surface area (Å²) < 4.78 is 0.202. The molecule has 0 saturated carbocycles. The topological polar surface area (TPSA) is 93.4 Å². The number of aromatic amines is 1. The van der Waals surface area contributed by atoms with Crippen molar-refractivity contribution in [1.82, 2.24) is 25.1 Å². The Morgan fingerprint density at radius 2 is 2.14 bits per heavy atom. The highest BCUT2D eigenvalue weighted by molar-refractivity contribution is 7.71. The lowest BCUT2D eigenvalue weighted by atomic mass is 10.3. The Labute approximate surface area is 84.3 Å². The molecular weight excluding hydrogens is 200 g/mol. The number of rotatable bonds is 1. The Bertz CT molecular complexity index is 493. The Kier molecular flexibility index (Phi) is 2.15. The molecule has 2 heterocycles. The smallest absolute Gasteiger partial charge is 0.224 e. The normalized spacial score (nSPS) is 10.0. The number of nitrogens with one attached hydrogen (secondary N) is 1. The molecule has 70 valence electrons. The van der Waals surface area contributed by atoms with Gasteiger partial charge in [-0.1, -0.05) is 0 Å². The molecule has 14 heavy (non-hydrogen) atoms. The van der Waals surface area contributed by atoms with Crippen LogP contribution in [-0.4, -0.2) is 25.1 Å². The van der Waals surface area contributed by atoms with Crippen LogP contribution in [0.2, 0.25) is 0 Å². The van der Waals surface area contributed by atoms with Gasteiger partial charge in [0.2, 0.25) is 10.7 Å². The van der Waals surface area contributed by atoms with Crippen LogP contribution in [-0.2, 0) is 0 Å². The van der Waals surface area contributed by atoms with Crippen LogP contribution in [0.4, 0.5) is 5.95 Å². The Morgan fingerprint density at radius 3 is 2.79 bits per heavy atom. The summed E-state index contributed by atoms with van der Waals surface area (Å²) in [4.78, 5) is 10.5. The van der Waals surface area contributed by atoms with E-state index in [0.717, 1.165) is 5.56 Å². The lowest BCUT2D eigenvalue weighted by Crippen LogP contribution is -2.00. The quantitative estimate of drug-likeness (QED) is 0.663. The molecule has 0 aromatic carbocycles. The SMILES string of the molecule is Nc1nc(=S)nc(-c2ccnnc2)[nH]1. The number of H-pyrrole nitrogens is 1. The predicted molar refractivity (Wildman–Crippen MR) is 52.7 cm³/mol. The van der Waals surface area contributed by atoms with Crippen LogP contribution >= 0.6 is 12.2 Å². The van der Waals surface area contributed by atoms with E-state index in [0.29, 0.717) is 5.82 Å². The summed E-state index contributed by atoms with van der Waals surface area (Å²) in [5, 5.41) is 7.37. The molecule has 0 bridgehead atoms. The van der Waals surface area contributed by atoms with Gasteiger partial charge < -0.3 is 10.7 Å². The molecule has 0 aliphatic rings. The largest absolute Gasteiger partial charge is 0.369 e. The minimum absolute atomic E-state index is 0.202. The van der Waals surface area contributed by atoms with Gasteiger partial charge in [-0.3, -0.25) is 0 Å². The van der Waals surface area contributed by atoms with Crippen LogP contribution in [0, 0.1) is 4.77 Å². The molecule has 6 nitrogen and oxygen atoms in total. The maximum absolute atomic E-state index is 5.49. The fourth-order valence-electron chi connectivity index (χ4n) is 0.968. The molecule has 0 spiro atoms. The molecule has 0 aliphatic carbocycles. The van der Waals surface area contributed by atoms with Crippen molar-refractivity contribution < 1.29 is 0 Å². The van der Waals surface area contributed by atoms with E-state index in [1.807, 2.05) is 0 Å². The molecule has 2 aromatic rings. The Hall–Kier alpha value is -1.89. The van der Waals surface area contributed by atoms with Crippen LogP contribution in [0.3, 0.4) is 0 Å². The van der Waals surface area contributed by atoms with Crippen molar-refractivity contribution in [3.05, 3.63) is 23.2 Å². The number of nitrogens with two attached hydrogens (primary N) is 1. The average molecular weight is 206 g/mol. The molecule has 3 N–H and O–H groups in total. The summed E-state index contributed by atoms with van der Waals surface area (Å²) in [6.07, 6.45) is 3.12. The van der Waals surface area contributed by atoms with E-state index in [2.05, 4.69) is 25.1 Å². The third-order valence-corrected chi connectivity index (χ3v) is 1.71. The first kappa shape index (κ1) is 8.70. The minimum Gasteiger partial charge on any atom is -0.369 e. The first-order chi connectivity index (χ1) is 6.75. The molecule has 2 aromatic heterocycles. The molecule has 0 saturated heterocycles. The summed E-state index contributed by atoms with van der Waals surface area (Å²) in [7, 11) is 0. The van der Waals surface area contributed by atoms with Gasteiger partial charge in [-0.05, 0) is 18.3 Å². The average Bonchev–Trinajstić information content (AvgIpc) is 2.18. The summed E-state index contributed by atoms with van der Waals surface area (Å²) >= 11 is 4.83. The molecule has 0 amide bonds. The van der Waals surface area contributed by atoms with Crippen molar-refractivity contribution in [1.29, 1.82) is 0 Å². The van der Waals surface area contributed by atoms with Crippen LogP contribution in [0.5, 0.6) is 0 Å². The highest BCUT2D eigenvalue weighted by Gasteiger charge is 2.00. The zero-order chi connectivity index (χ0) is 9.97. The summed E-state index contributed by atoms with van der Waals surface area (Å²) in [6, 6.07) is 1.75. The van der Waals surface area contributed by atoms with Gasteiger partial charge >= 0.3 is 0 Å². The molecule has 0 fully saturated rings. The van der Waals surface area contributed by atoms with Crippen LogP contribution < -0.4 is 5.73 Å². The van der Waals surface area contributed by atoms with Gasteiger partial charge in [0.25, 0.3) is 0 Å². The van der Waals surface area contributed by atoms with Crippen molar-refractivity contribution in [3.63, 3.8) is 0 Å². The van der Waals surface area contributed by atoms with E-state index in [-0.39, 0.29) is 10.7 Å². The van der Waals surface area contributed by atoms with Crippen LogP contribution in [0.25, 0.3) is 11.4 Å². The van der Waals surface area contributed by atoms with Crippen LogP contribution in [0.1, 0.15) is 0 Å². The van der Waals surface area contributed by atoms with Gasteiger partial charge in [0, 0.05) is 5.56 Å². The van der Waals surface area contributed by atoms with E-state index >= 15 is 0 Å². The predicted octanol–water partition coefficient (Wildman–Crippen LogP) is 0.573. The van der Waals surface area contributed by atoms with E-state index in [4.69, 9.17) is 18.0 Å². The molecule has 0 unspecified atom stereocenters. The summed E-state index contributed by atoms with van der Waals surface area (Å²) in [6.45, 7) is 0. The third kappa shape index (κ3) is 1.72. The second-order valence-electron chi connectivity index (χ2n) is 2.50. The lowest BCUT2D eigenvalue weighted by molar-refractivity contribution is 1.01. The van der Waals surface area contributed by atoms with Gasteiger partial charge in [0.15, 0.2) is 0 Å². The minimum atomic E-state index is 0.202. The van der Waals surface area contributed by atoms with Gasteiger partial charge in [0.05, 0.1) is 12.4 Å². The molecule has 2 rings (SSSR count). The molecule has 0 aliphatic heterocycles. The Balaban J connectivity index is 2.58. The van der Waals surface area contributed by atoms with E-state index < -0.39 is 0 Å². The Morgan fingerprint density at radius 1 is 1.29 bits per heavy atom. The first-order valence-electron chi connectivity index (χ1n) is 3.76. The van der Waals surface area contributed by atoms with Crippen molar-refractivity contribution >= 4 is 18.2 Å². The summed E-state index contributed by atoms with van der Waals surface area (Å²) in [5.74, 6) is 0.772. The molecule has 0 atom stereocenters. The number of nitrogens with zero attached hydrogens (tertiary/aromatic N) is 4. The second kappa shape index (κ2) is 3.46. The summed E-state index contributed by atoms with van der Waals surface area (Å²) in [5.41, 5.74) is 6.25. The van der Waals surface area contributed by atoms with Crippen LogP contribution in [0.15, 0.2) is 18.5 Å². The van der Waals surface area contributed by atoms with Crippen molar-refractivity contribution in [2.45, 2.75) is 0 Å². The van der Waals surface area contributed by atoms with Gasteiger partial charge in [0.1, 0.15) is 5.82 Å². The van der Waals surface area contributed by atoms with Gasteiger partial charge in [-0.2, -0.15) is 15.2 Å². The number of nitrogen functional groups attached to an aromatic ring is 1. The number of hydrogen-bond donors (Lipinski definition) is 2. The number of aromatic nitrogens is 5. The molecule has 0 radical (unpaired) electrons. The first-order valence-corrected chi connectivity index (χ1v) is 4.17. The number of hydrogen-bond acceptors (Lipinski definition) is 6.